The van der Waals surface area contributed by atoms with Crippen LogP contribution >= 0.6 is 0 Å². The van der Waals surface area contributed by atoms with Crippen molar-refractivity contribution >= 4 is 15.9 Å². The van der Waals surface area contributed by atoms with Gasteiger partial charge in [0.05, 0.1) is 10.9 Å². The molecule has 0 aromatic heterocycles. The largest absolute Gasteiger partial charge is 0.338 e. The summed E-state index contributed by atoms with van der Waals surface area (Å²) in [6.45, 7) is 6.55. The van der Waals surface area contributed by atoms with Gasteiger partial charge in [0.15, 0.2) is 9.84 Å². The molecule has 2 aromatic rings. The molecule has 0 bridgehead atoms. The van der Waals surface area contributed by atoms with Gasteiger partial charge in [-0.25, -0.2) is 13.2 Å². The predicted octanol–water partition coefficient (Wildman–Crippen LogP) is 3.31. The number of hydrogen-bond donors (Lipinski definition) is 2. The third-order valence-corrected chi connectivity index (χ3v) is 5.46. The number of carbonyl (C=O) groups is 1. The fraction of sp³-hybridized carbons (Fsp3) is 0.350. The van der Waals surface area contributed by atoms with Crippen molar-refractivity contribution < 1.29 is 13.2 Å². The van der Waals surface area contributed by atoms with Gasteiger partial charge in [-0.05, 0) is 56.0 Å². The minimum atomic E-state index is -3.21. The van der Waals surface area contributed by atoms with Crippen molar-refractivity contribution in [3.8, 4) is 0 Å². The number of rotatable bonds is 6. The predicted molar refractivity (Wildman–Crippen MR) is 104 cm³/mol. The molecule has 140 valence electrons. The van der Waals surface area contributed by atoms with Crippen LogP contribution in [0.1, 0.15) is 35.2 Å². The van der Waals surface area contributed by atoms with E-state index in [1.54, 1.807) is 24.3 Å². The van der Waals surface area contributed by atoms with Gasteiger partial charge in [-0.15, -0.1) is 0 Å². The first-order chi connectivity index (χ1) is 12.2. The zero-order valence-electron chi connectivity index (χ0n) is 15.7. The molecule has 2 aromatic carbocycles. The van der Waals surface area contributed by atoms with Crippen molar-refractivity contribution in [3.63, 3.8) is 0 Å². The second-order valence-corrected chi connectivity index (χ2v) is 8.66. The summed E-state index contributed by atoms with van der Waals surface area (Å²) in [6.07, 6.45) is 1.95. The Morgan fingerprint density at radius 2 is 1.73 bits per heavy atom. The quantitative estimate of drug-likeness (QED) is 0.814. The first-order valence-corrected chi connectivity index (χ1v) is 10.5. The lowest BCUT2D eigenvalue weighted by molar-refractivity contribution is 0.238. The Hall–Kier alpha value is -2.34. The van der Waals surface area contributed by atoms with Gasteiger partial charge in [-0.3, -0.25) is 0 Å². The number of urea groups is 1. The summed E-state index contributed by atoms with van der Waals surface area (Å²) in [5, 5.41) is 5.73. The summed E-state index contributed by atoms with van der Waals surface area (Å²) in [6, 6.07) is 12.4. The fourth-order valence-electron chi connectivity index (χ4n) is 2.77. The molecule has 0 spiro atoms. The average Bonchev–Trinajstić information content (AvgIpc) is 2.56. The topological polar surface area (TPSA) is 75.3 Å². The van der Waals surface area contributed by atoms with Gasteiger partial charge in [0.1, 0.15) is 0 Å². The van der Waals surface area contributed by atoms with Gasteiger partial charge >= 0.3 is 6.03 Å². The summed E-state index contributed by atoms with van der Waals surface area (Å²) in [5.41, 5.74) is 4.53. The lowest BCUT2D eigenvalue weighted by Crippen LogP contribution is -2.38. The number of carbonyl (C=O) groups excluding carboxylic acids is 1. The fourth-order valence-corrected chi connectivity index (χ4v) is 3.40. The molecule has 1 unspecified atom stereocenters. The number of nitrogens with one attached hydrogen (secondary N) is 2. The maximum Gasteiger partial charge on any atom is 0.315 e. The van der Waals surface area contributed by atoms with Crippen molar-refractivity contribution in [2.45, 2.75) is 38.1 Å². The van der Waals surface area contributed by atoms with Crippen molar-refractivity contribution in [2.75, 3.05) is 12.8 Å². The van der Waals surface area contributed by atoms with E-state index >= 15 is 0 Å². The molecular weight excluding hydrogens is 348 g/mol. The van der Waals surface area contributed by atoms with Crippen molar-refractivity contribution in [3.05, 3.63) is 64.7 Å². The Morgan fingerprint density at radius 3 is 2.31 bits per heavy atom. The molecule has 26 heavy (non-hydrogen) atoms. The number of sulfone groups is 1. The summed E-state index contributed by atoms with van der Waals surface area (Å²) in [5.74, 6) is 0. The van der Waals surface area contributed by atoms with Crippen LogP contribution in [-0.2, 0) is 16.3 Å². The molecule has 6 heteroatoms. The molecule has 0 radical (unpaired) electrons. The summed E-state index contributed by atoms with van der Waals surface area (Å²) in [4.78, 5) is 12.3. The number of hydrogen-bond acceptors (Lipinski definition) is 3. The van der Waals surface area contributed by atoms with Gasteiger partial charge in [-0.2, -0.15) is 0 Å². The SMILES string of the molecule is Cc1ccc(CCNC(=O)NC(C)c2ccc(S(C)(=O)=O)cc2)c(C)c1. The van der Waals surface area contributed by atoms with Crippen LogP contribution < -0.4 is 10.6 Å². The lowest BCUT2D eigenvalue weighted by atomic mass is 10.0. The molecule has 0 aliphatic carbocycles. The van der Waals surface area contributed by atoms with Gasteiger partial charge < -0.3 is 10.6 Å². The third kappa shape index (κ3) is 5.59. The monoisotopic (exact) mass is 374 g/mol. The summed E-state index contributed by atoms with van der Waals surface area (Å²) >= 11 is 0. The third-order valence-electron chi connectivity index (χ3n) is 4.33. The Balaban J connectivity index is 1.85. The van der Waals surface area contributed by atoms with E-state index in [2.05, 4.69) is 42.7 Å². The maximum absolute atomic E-state index is 12.1. The minimum Gasteiger partial charge on any atom is -0.338 e. The number of amides is 2. The van der Waals surface area contributed by atoms with E-state index in [0.717, 1.165) is 12.0 Å². The van der Waals surface area contributed by atoms with E-state index in [4.69, 9.17) is 0 Å². The molecule has 2 N–H and O–H groups in total. The van der Waals surface area contributed by atoms with Crippen LogP contribution in [0.3, 0.4) is 0 Å². The van der Waals surface area contributed by atoms with Crippen LogP contribution in [0, 0.1) is 13.8 Å². The van der Waals surface area contributed by atoms with Gasteiger partial charge in [0, 0.05) is 12.8 Å². The molecule has 0 heterocycles. The average molecular weight is 375 g/mol. The highest BCUT2D eigenvalue weighted by atomic mass is 32.2. The van der Waals surface area contributed by atoms with Crippen LogP contribution in [0.4, 0.5) is 4.79 Å². The zero-order valence-corrected chi connectivity index (χ0v) is 16.5. The minimum absolute atomic E-state index is 0.218. The first kappa shape index (κ1) is 20.0. The molecular formula is C20H26N2O3S. The van der Waals surface area contributed by atoms with E-state index < -0.39 is 9.84 Å². The molecule has 0 aliphatic rings. The summed E-state index contributed by atoms with van der Waals surface area (Å²) < 4.78 is 23.0. The molecule has 0 saturated carbocycles. The zero-order chi connectivity index (χ0) is 19.3. The lowest BCUT2D eigenvalue weighted by Gasteiger charge is -2.16. The first-order valence-electron chi connectivity index (χ1n) is 8.57. The maximum atomic E-state index is 12.1. The van der Waals surface area contributed by atoms with Crippen LogP contribution in [0.5, 0.6) is 0 Å². The van der Waals surface area contributed by atoms with Crippen molar-refractivity contribution in [1.82, 2.24) is 10.6 Å². The van der Waals surface area contributed by atoms with Gasteiger partial charge in [0.2, 0.25) is 0 Å². The molecule has 0 saturated heterocycles. The van der Waals surface area contributed by atoms with E-state index in [-0.39, 0.29) is 17.0 Å². The Bertz CT molecular complexity index is 874. The Kier molecular flexibility index (Phi) is 6.42. The highest BCUT2D eigenvalue weighted by Crippen LogP contribution is 2.16. The van der Waals surface area contributed by atoms with E-state index in [1.165, 1.54) is 22.9 Å². The van der Waals surface area contributed by atoms with Crippen LogP contribution in [0.15, 0.2) is 47.4 Å². The van der Waals surface area contributed by atoms with E-state index in [9.17, 15) is 13.2 Å². The van der Waals surface area contributed by atoms with Gasteiger partial charge in [0.25, 0.3) is 0 Å². The standard InChI is InChI=1S/C20H26N2O3S/c1-14-5-6-17(15(2)13-14)11-12-21-20(23)22-16(3)18-7-9-19(10-8-18)26(4,24)25/h5-10,13,16H,11-12H2,1-4H3,(H2,21,22,23). The Labute approximate surface area is 155 Å². The number of aryl methyl sites for hydroxylation is 2. The van der Waals surface area contributed by atoms with Crippen LogP contribution in [-0.4, -0.2) is 27.2 Å². The normalized spacial score (nSPS) is 12.5. The second-order valence-electron chi connectivity index (χ2n) is 6.64. The second kappa shape index (κ2) is 8.36. The highest BCUT2D eigenvalue weighted by Gasteiger charge is 2.11. The molecule has 2 rings (SSSR count). The van der Waals surface area contributed by atoms with Gasteiger partial charge in [-0.1, -0.05) is 35.9 Å². The van der Waals surface area contributed by atoms with Crippen molar-refractivity contribution in [2.24, 2.45) is 0 Å². The van der Waals surface area contributed by atoms with E-state index in [0.29, 0.717) is 6.54 Å². The number of benzene rings is 2. The molecule has 0 aliphatic heterocycles. The molecule has 2 amide bonds. The van der Waals surface area contributed by atoms with Crippen molar-refractivity contribution in [1.29, 1.82) is 0 Å². The Morgan fingerprint density at radius 1 is 1.08 bits per heavy atom. The molecule has 5 nitrogen and oxygen atoms in total. The van der Waals surface area contributed by atoms with E-state index in [1.807, 2.05) is 6.92 Å². The van der Waals surface area contributed by atoms with Crippen LogP contribution in [0.25, 0.3) is 0 Å². The molecule has 1 atom stereocenters. The smallest absolute Gasteiger partial charge is 0.315 e. The molecule has 0 fully saturated rings. The van der Waals surface area contributed by atoms with Crippen LogP contribution in [0.2, 0.25) is 0 Å². The highest BCUT2D eigenvalue weighted by molar-refractivity contribution is 7.90. The summed E-state index contributed by atoms with van der Waals surface area (Å²) in [7, 11) is -3.21.